The lowest BCUT2D eigenvalue weighted by Gasteiger charge is -2.37. The Morgan fingerprint density at radius 3 is 1.16 bits per heavy atom. The molecule has 51 heavy (non-hydrogen) atoms. The lowest BCUT2D eigenvalue weighted by atomic mass is 9.76. The zero-order chi connectivity index (χ0) is 35.5. The Morgan fingerprint density at radius 1 is 0.373 bits per heavy atom. The zero-order valence-electron chi connectivity index (χ0n) is 29.5. The van der Waals surface area contributed by atoms with Crippen LogP contribution in [0.4, 0.5) is 0 Å². The molecule has 7 aromatic carbocycles. The van der Waals surface area contributed by atoms with Crippen molar-refractivity contribution in [1.29, 1.82) is 0 Å². The summed E-state index contributed by atoms with van der Waals surface area (Å²) in [6.45, 7) is 8.38. The molecule has 0 saturated carbocycles. The summed E-state index contributed by atoms with van der Waals surface area (Å²) in [4.78, 5) is 0. The third-order valence-electron chi connectivity index (χ3n) is 9.65. The predicted molar refractivity (Wildman–Crippen MR) is 211 cm³/mol. The van der Waals surface area contributed by atoms with Gasteiger partial charge in [-0.3, -0.25) is 0 Å². The van der Waals surface area contributed by atoms with Crippen molar-refractivity contribution in [3.8, 4) is 44.5 Å². The van der Waals surface area contributed by atoms with Crippen LogP contribution in [0.1, 0.15) is 38.9 Å². The molecular formula is C47H41BO3. The minimum Gasteiger partial charge on any atom is -0.402 e. The van der Waals surface area contributed by atoms with Gasteiger partial charge in [0.05, 0.1) is 0 Å². The van der Waals surface area contributed by atoms with Crippen LogP contribution in [0.15, 0.2) is 164 Å². The molecule has 0 aliphatic rings. The number of rotatable bonds is 9. The first-order valence-corrected chi connectivity index (χ1v) is 17.4. The van der Waals surface area contributed by atoms with Gasteiger partial charge in [-0.05, 0) is 95.0 Å². The highest BCUT2D eigenvalue weighted by molar-refractivity contribution is 6.33. The molecule has 0 bridgehead atoms. The van der Waals surface area contributed by atoms with Gasteiger partial charge in [-0.15, -0.1) is 0 Å². The van der Waals surface area contributed by atoms with Gasteiger partial charge in [0.15, 0.2) is 0 Å². The Kier molecular flexibility index (Phi) is 9.57. The molecule has 2 N–H and O–H groups in total. The Hall–Kier alpha value is -5.52. The summed E-state index contributed by atoms with van der Waals surface area (Å²) in [6.07, 6.45) is 0. The second-order valence-electron chi connectivity index (χ2n) is 13.5. The molecule has 3 nitrogen and oxygen atoms in total. The normalized spacial score (nSPS) is 11.4. The van der Waals surface area contributed by atoms with E-state index in [4.69, 9.17) is 4.65 Å². The van der Waals surface area contributed by atoms with Gasteiger partial charge >= 0.3 is 7.32 Å². The molecule has 0 aliphatic carbocycles. The Labute approximate surface area is 301 Å². The van der Waals surface area contributed by atoms with Gasteiger partial charge < -0.3 is 14.7 Å². The molecule has 0 unspecified atom stereocenters. The van der Waals surface area contributed by atoms with Crippen LogP contribution in [-0.2, 0) is 10.3 Å². The molecule has 0 aliphatic heterocycles. The monoisotopic (exact) mass is 664 g/mol. The third kappa shape index (κ3) is 7.08. The van der Waals surface area contributed by atoms with E-state index in [1.165, 1.54) is 16.7 Å². The van der Waals surface area contributed by atoms with Crippen LogP contribution in [0.2, 0.25) is 0 Å². The van der Waals surface area contributed by atoms with Crippen molar-refractivity contribution < 1.29 is 14.7 Å². The van der Waals surface area contributed by atoms with E-state index in [0.29, 0.717) is 0 Å². The van der Waals surface area contributed by atoms with E-state index in [0.717, 1.165) is 66.8 Å². The van der Waals surface area contributed by atoms with Crippen molar-refractivity contribution in [2.45, 2.75) is 33.3 Å². The molecule has 0 saturated heterocycles. The molecule has 0 amide bonds. The molecule has 4 heteroatoms. The zero-order valence-corrected chi connectivity index (χ0v) is 29.5. The lowest BCUT2D eigenvalue weighted by molar-refractivity contribution is 0.0816. The predicted octanol–water partition coefficient (Wildman–Crippen LogP) is 10.9. The highest BCUT2D eigenvalue weighted by Crippen LogP contribution is 2.45. The average Bonchev–Trinajstić information content (AvgIpc) is 3.14. The SMILES string of the molecule is Cc1cccc(-c2ccc(C(OB(O)O)(c3ccc(-c4cccc(C)c4)cc3)c3ccc(-c4cccc(C)c4)c(-c4cccc(C)c4)c3)cc2)c1. The quantitative estimate of drug-likeness (QED) is 0.119. The van der Waals surface area contributed by atoms with Gasteiger partial charge in [0.2, 0.25) is 0 Å². The minimum absolute atomic E-state index is 0.772. The van der Waals surface area contributed by atoms with Crippen LogP contribution in [-0.4, -0.2) is 17.4 Å². The summed E-state index contributed by atoms with van der Waals surface area (Å²) in [7, 11) is -2.06. The second-order valence-corrected chi connectivity index (χ2v) is 13.5. The summed E-state index contributed by atoms with van der Waals surface area (Å²) in [6, 6.07) is 56.7. The van der Waals surface area contributed by atoms with E-state index < -0.39 is 12.9 Å². The van der Waals surface area contributed by atoms with Crippen molar-refractivity contribution in [2.75, 3.05) is 0 Å². The van der Waals surface area contributed by atoms with Crippen LogP contribution in [0.5, 0.6) is 0 Å². The number of hydrogen-bond acceptors (Lipinski definition) is 3. The highest BCUT2D eigenvalue weighted by Gasteiger charge is 2.41. The Morgan fingerprint density at radius 2 is 0.745 bits per heavy atom. The molecule has 0 radical (unpaired) electrons. The van der Waals surface area contributed by atoms with Gasteiger partial charge in [-0.25, -0.2) is 0 Å². The van der Waals surface area contributed by atoms with Gasteiger partial charge in [0.1, 0.15) is 5.60 Å². The standard InChI is InChI=1S/C47H41BO3/c1-32-9-5-13-38(27-32)36-17-21-42(22-18-36)47(51-48(49)50,43-23-19-37(20-24-43)39-14-6-10-33(2)28-39)44-25-26-45(40-15-7-11-34(3)29-40)46(31-44)41-16-8-12-35(4)30-41/h5-31,49-50H,1-4H3. The van der Waals surface area contributed by atoms with Crippen molar-refractivity contribution in [1.82, 2.24) is 0 Å². The first-order chi connectivity index (χ1) is 24.7. The molecule has 7 rings (SSSR count). The fourth-order valence-electron chi connectivity index (χ4n) is 7.19. The maximum absolute atomic E-state index is 10.7. The minimum atomic E-state index is -2.06. The first kappa shape index (κ1) is 34.0. The van der Waals surface area contributed by atoms with Gasteiger partial charge in [-0.1, -0.05) is 180 Å². The van der Waals surface area contributed by atoms with Crippen LogP contribution in [0.3, 0.4) is 0 Å². The maximum atomic E-state index is 10.7. The molecular weight excluding hydrogens is 623 g/mol. The summed E-state index contributed by atoms with van der Waals surface area (Å²) in [5.41, 5.74) is 14.3. The highest BCUT2D eigenvalue weighted by atomic mass is 16.6. The smallest absolute Gasteiger partial charge is 0.402 e. The van der Waals surface area contributed by atoms with E-state index in [2.05, 4.69) is 167 Å². The van der Waals surface area contributed by atoms with Gasteiger partial charge in [-0.2, -0.15) is 0 Å². The second kappa shape index (κ2) is 14.4. The van der Waals surface area contributed by atoms with Crippen LogP contribution >= 0.6 is 0 Å². The molecule has 0 atom stereocenters. The molecule has 250 valence electrons. The van der Waals surface area contributed by atoms with Crippen molar-refractivity contribution in [3.63, 3.8) is 0 Å². The summed E-state index contributed by atoms with van der Waals surface area (Å²) in [5.74, 6) is 0. The number of benzene rings is 7. The van der Waals surface area contributed by atoms with E-state index in [1.54, 1.807) is 0 Å². The van der Waals surface area contributed by atoms with Gasteiger partial charge in [0.25, 0.3) is 0 Å². The topological polar surface area (TPSA) is 49.7 Å². The number of aryl methyl sites for hydroxylation is 4. The third-order valence-corrected chi connectivity index (χ3v) is 9.65. The summed E-state index contributed by atoms with van der Waals surface area (Å²) < 4.78 is 6.42. The van der Waals surface area contributed by atoms with E-state index >= 15 is 0 Å². The van der Waals surface area contributed by atoms with Crippen molar-refractivity contribution >= 4 is 7.32 Å². The molecule has 0 spiro atoms. The molecule has 0 heterocycles. The largest absolute Gasteiger partial charge is 0.635 e. The molecule has 7 aromatic rings. The van der Waals surface area contributed by atoms with E-state index in [1.807, 2.05) is 24.3 Å². The molecule has 0 fully saturated rings. The average molecular weight is 665 g/mol. The van der Waals surface area contributed by atoms with Crippen molar-refractivity contribution in [2.24, 2.45) is 0 Å². The fraction of sp³-hybridized carbons (Fsp3) is 0.106. The summed E-state index contributed by atoms with van der Waals surface area (Å²) in [5, 5.41) is 21.4. The van der Waals surface area contributed by atoms with E-state index in [-0.39, 0.29) is 0 Å². The molecule has 0 aromatic heterocycles. The Bertz CT molecular complexity index is 2220. The van der Waals surface area contributed by atoms with Gasteiger partial charge in [0, 0.05) is 0 Å². The van der Waals surface area contributed by atoms with Crippen LogP contribution in [0.25, 0.3) is 44.5 Å². The Balaban J connectivity index is 1.48. The number of hydrogen-bond donors (Lipinski definition) is 2. The lowest BCUT2D eigenvalue weighted by Crippen LogP contribution is -2.39. The van der Waals surface area contributed by atoms with Crippen LogP contribution < -0.4 is 0 Å². The van der Waals surface area contributed by atoms with Crippen LogP contribution in [0, 0.1) is 27.7 Å². The fourth-order valence-corrected chi connectivity index (χ4v) is 7.19. The van der Waals surface area contributed by atoms with E-state index in [9.17, 15) is 10.0 Å². The first-order valence-electron chi connectivity index (χ1n) is 17.4. The summed E-state index contributed by atoms with van der Waals surface area (Å²) >= 11 is 0. The van der Waals surface area contributed by atoms with Crippen molar-refractivity contribution in [3.05, 3.63) is 203 Å². The maximum Gasteiger partial charge on any atom is 0.635 e.